The molecule has 1 N–H and O–H groups in total. The highest BCUT2D eigenvalue weighted by molar-refractivity contribution is 5.86. The van der Waals surface area contributed by atoms with Crippen LogP contribution in [-0.4, -0.2) is 12.1 Å². The average molecular weight is 314 g/mol. The van der Waals surface area contributed by atoms with Crippen molar-refractivity contribution in [3.05, 3.63) is 41.5 Å². The molecular formula is C20H30N2O. The van der Waals surface area contributed by atoms with Gasteiger partial charge >= 0.3 is 0 Å². The summed E-state index contributed by atoms with van der Waals surface area (Å²) in [6.45, 7) is 4.20. The van der Waals surface area contributed by atoms with Crippen LogP contribution >= 0.6 is 0 Å². The SMILES string of the molecule is CCCCCCCCCC(=O)NN=CC(C)=Cc1ccccc1. The maximum Gasteiger partial charge on any atom is 0.240 e. The quantitative estimate of drug-likeness (QED) is 0.334. The second-order valence-electron chi connectivity index (χ2n) is 5.96. The van der Waals surface area contributed by atoms with Crippen LogP contribution < -0.4 is 5.43 Å². The molecule has 0 aliphatic rings. The topological polar surface area (TPSA) is 41.5 Å². The molecule has 0 aromatic heterocycles. The van der Waals surface area contributed by atoms with Gasteiger partial charge in [-0.3, -0.25) is 4.79 Å². The van der Waals surface area contributed by atoms with Gasteiger partial charge in [-0.05, 0) is 24.5 Å². The van der Waals surface area contributed by atoms with Gasteiger partial charge in [0.25, 0.3) is 0 Å². The summed E-state index contributed by atoms with van der Waals surface area (Å²) in [5.74, 6) is 0.00215. The van der Waals surface area contributed by atoms with Gasteiger partial charge in [0.05, 0.1) is 6.21 Å². The molecule has 0 spiro atoms. The number of hydrazone groups is 1. The van der Waals surface area contributed by atoms with Gasteiger partial charge in [0.2, 0.25) is 5.91 Å². The van der Waals surface area contributed by atoms with Crippen LogP contribution in [0.3, 0.4) is 0 Å². The van der Waals surface area contributed by atoms with E-state index in [1.807, 2.05) is 43.3 Å². The summed E-state index contributed by atoms with van der Waals surface area (Å²) >= 11 is 0. The molecule has 0 fully saturated rings. The normalized spacial score (nSPS) is 11.8. The van der Waals surface area contributed by atoms with E-state index in [1.54, 1.807) is 6.21 Å². The van der Waals surface area contributed by atoms with Crippen molar-refractivity contribution in [3.63, 3.8) is 0 Å². The van der Waals surface area contributed by atoms with Crippen molar-refractivity contribution in [2.24, 2.45) is 5.10 Å². The molecule has 1 amide bonds. The number of nitrogens with zero attached hydrogens (tertiary/aromatic N) is 1. The number of hydrogen-bond donors (Lipinski definition) is 1. The number of rotatable bonds is 11. The van der Waals surface area contributed by atoms with E-state index in [1.165, 1.54) is 32.1 Å². The van der Waals surface area contributed by atoms with Gasteiger partial charge in [-0.15, -0.1) is 0 Å². The predicted molar refractivity (Wildman–Crippen MR) is 99.3 cm³/mol. The Morgan fingerprint density at radius 1 is 1.04 bits per heavy atom. The van der Waals surface area contributed by atoms with Crippen molar-refractivity contribution < 1.29 is 4.79 Å². The molecule has 0 bridgehead atoms. The highest BCUT2D eigenvalue weighted by Crippen LogP contribution is 2.08. The molecule has 1 rings (SSSR count). The molecule has 0 saturated heterocycles. The minimum absolute atomic E-state index is 0.00215. The van der Waals surface area contributed by atoms with Crippen molar-refractivity contribution in [3.8, 4) is 0 Å². The molecular weight excluding hydrogens is 284 g/mol. The first-order valence-electron chi connectivity index (χ1n) is 8.77. The maximum absolute atomic E-state index is 11.7. The first-order valence-corrected chi connectivity index (χ1v) is 8.77. The average Bonchev–Trinajstić information content (AvgIpc) is 2.55. The molecule has 23 heavy (non-hydrogen) atoms. The molecule has 0 atom stereocenters. The Hall–Kier alpha value is -1.90. The first kappa shape index (κ1) is 19.1. The summed E-state index contributed by atoms with van der Waals surface area (Å²) in [4.78, 5) is 11.7. The maximum atomic E-state index is 11.7. The second-order valence-corrected chi connectivity index (χ2v) is 5.96. The molecule has 0 radical (unpaired) electrons. The van der Waals surface area contributed by atoms with E-state index in [2.05, 4.69) is 17.5 Å². The minimum atomic E-state index is 0.00215. The van der Waals surface area contributed by atoms with Crippen molar-refractivity contribution in [2.75, 3.05) is 0 Å². The van der Waals surface area contributed by atoms with Crippen molar-refractivity contribution >= 4 is 18.2 Å². The third-order valence-corrected chi connectivity index (χ3v) is 3.66. The lowest BCUT2D eigenvalue weighted by Crippen LogP contribution is -2.16. The van der Waals surface area contributed by atoms with Gasteiger partial charge in [0, 0.05) is 6.42 Å². The fourth-order valence-electron chi connectivity index (χ4n) is 2.35. The molecule has 3 heteroatoms. The summed E-state index contributed by atoms with van der Waals surface area (Å²) in [7, 11) is 0. The summed E-state index contributed by atoms with van der Waals surface area (Å²) < 4.78 is 0. The van der Waals surface area contributed by atoms with Gasteiger partial charge in [-0.1, -0.05) is 81.9 Å². The summed E-state index contributed by atoms with van der Waals surface area (Å²) in [5.41, 5.74) is 4.74. The van der Waals surface area contributed by atoms with Crippen LogP contribution in [0, 0.1) is 0 Å². The molecule has 0 saturated carbocycles. The zero-order valence-electron chi connectivity index (χ0n) is 14.6. The van der Waals surface area contributed by atoms with Crippen LogP contribution in [-0.2, 0) is 4.79 Å². The van der Waals surface area contributed by atoms with Gasteiger partial charge in [-0.25, -0.2) is 5.43 Å². The summed E-state index contributed by atoms with van der Waals surface area (Å²) in [6.07, 6.45) is 12.8. The lowest BCUT2D eigenvalue weighted by Gasteiger charge is -2.01. The molecule has 1 aromatic rings. The van der Waals surface area contributed by atoms with E-state index in [-0.39, 0.29) is 5.91 Å². The number of amides is 1. The van der Waals surface area contributed by atoms with E-state index >= 15 is 0 Å². The number of benzene rings is 1. The molecule has 126 valence electrons. The highest BCUT2D eigenvalue weighted by Gasteiger charge is 1.99. The monoisotopic (exact) mass is 314 g/mol. The molecule has 1 aromatic carbocycles. The lowest BCUT2D eigenvalue weighted by atomic mass is 10.1. The smallest absolute Gasteiger partial charge is 0.240 e. The molecule has 0 unspecified atom stereocenters. The third kappa shape index (κ3) is 10.5. The number of hydrogen-bond acceptors (Lipinski definition) is 2. The minimum Gasteiger partial charge on any atom is -0.273 e. The molecule has 0 aliphatic carbocycles. The number of unbranched alkanes of at least 4 members (excludes halogenated alkanes) is 6. The van der Waals surface area contributed by atoms with Gasteiger partial charge in [-0.2, -0.15) is 5.10 Å². The second kappa shape index (κ2) is 12.6. The fraction of sp³-hybridized carbons (Fsp3) is 0.500. The molecule has 0 heterocycles. The third-order valence-electron chi connectivity index (χ3n) is 3.66. The van der Waals surface area contributed by atoms with Crippen molar-refractivity contribution in [1.29, 1.82) is 0 Å². The zero-order chi connectivity index (χ0) is 16.8. The fourth-order valence-corrected chi connectivity index (χ4v) is 2.35. The number of nitrogens with one attached hydrogen (secondary N) is 1. The Labute approximate surface area is 140 Å². The Bertz CT molecular complexity index is 492. The molecule has 3 nitrogen and oxygen atoms in total. The largest absolute Gasteiger partial charge is 0.273 e. The number of carbonyl (C=O) groups is 1. The summed E-state index contributed by atoms with van der Waals surface area (Å²) in [5, 5.41) is 4.01. The Kier molecular flexibility index (Phi) is 10.5. The highest BCUT2D eigenvalue weighted by atomic mass is 16.2. The van der Waals surface area contributed by atoms with Crippen LogP contribution in [0.2, 0.25) is 0 Å². The number of carbonyl (C=O) groups excluding carboxylic acids is 1. The Morgan fingerprint density at radius 2 is 1.70 bits per heavy atom. The lowest BCUT2D eigenvalue weighted by molar-refractivity contribution is -0.121. The Morgan fingerprint density at radius 3 is 2.39 bits per heavy atom. The first-order chi connectivity index (χ1) is 11.2. The van der Waals surface area contributed by atoms with Gasteiger partial charge < -0.3 is 0 Å². The van der Waals surface area contributed by atoms with Crippen LogP contribution in [0.1, 0.15) is 70.8 Å². The summed E-state index contributed by atoms with van der Waals surface area (Å²) in [6, 6.07) is 10.1. The van der Waals surface area contributed by atoms with Crippen LogP contribution in [0.15, 0.2) is 41.0 Å². The van der Waals surface area contributed by atoms with Crippen LogP contribution in [0.5, 0.6) is 0 Å². The molecule has 0 aliphatic heterocycles. The standard InChI is InChI=1S/C20H30N2O/c1-3-4-5-6-7-8-12-15-20(23)22-21-17-18(2)16-19-13-10-9-11-14-19/h9-11,13-14,16-17H,3-8,12,15H2,1-2H3,(H,22,23). The van der Waals surface area contributed by atoms with Gasteiger partial charge in [0.1, 0.15) is 0 Å². The van der Waals surface area contributed by atoms with E-state index in [4.69, 9.17) is 0 Å². The van der Waals surface area contributed by atoms with Crippen LogP contribution in [0.25, 0.3) is 6.08 Å². The predicted octanol–water partition coefficient (Wildman–Crippen LogP) is 5.33. The Balaban J connectivity index is 2.14. The van der Waals surface area contributed by atoms with E-state index < -0.39 is 0 Å². The number of allylic oxidation sites excluding steroid dienone is 1. The van der Waals surface area contributed by atoms with E-state index in [0.29, 0.717) is 6.42 Å². The zero-order valence-corrected chi connectivity index (χ0v) is 14.6. The van der Waals surface area contributed by atoms with E-state index in [9.17, 15) is 4.79 Å². The van der Waals surface area contributed by atoms with Crippen molar-refractivity contribution in [1.82, 2.24) is 5.43 Å². The van der Waals surface area contributed by atoms with Crippen LogP contribution in [0.4, 0.5) is 0 Å². The van der Waals surface area contributed by atoms with E-state index in [0.717, 1.165) is 24.0 Å². The van der Waals surface area contributed by atoms with Crippen molar-refractivity contribution in [2.45, 2.75) is 65.2 Å². The van der Waals surface area contributed by atoms with Gasteiger partial charge in [0.15, 0.2) is 0 Å².